The second kappa shape index (κ2) is 11.2. The molecule has 0 aliphatic rings. The summed E-state index contributed by atoms with van der Waals surface area (Å²) in [6.45, 7) is 6.12. The zero-order chi connectivity index (χ0) is 25.6. The molecule has 0 aliphatic heterocycles. The Morgan fingerprint density at radius 1 is 0.886 bits per heavy atom. The molecule has 35 heavy (non-hydrogen) atoms. The summed E-state index contributed by atoms with van der Waals surface area (Å²) in [6, 6.07) is 16.5. The van der Waals surface area contributed by atoms with Gasteiger partial charge in [0.05, 0.1) is 22.8 Å². The highest BCUT2D eigenvalue weighted by molar-refractivity contribution is 7.92. The molecule has 3 N–H and O–H groups in total. The van der Waals surface area contributed by atoms with Crippen molar-refractivity contribution >= 4 is 33.2 Å². The van der Waals surface area contributed by atoms with Gasteiger partial charge in [0.25, 0.3) is 21.8 Å². The molecular weight excluding hydrogens is 466 g/mol. The summed E-state index contributed by atoms with van der Waals surface area (Å²) in [7, 11) is -2.41. The van der Waals surface area contributed by atoms with E-state index in [0.29, 0.717) is 30.1 Å². The molecule has 0 radical (unpaired) electrons. The molecule has 3 rings (SSSR count). The number of hydrogen-bond donors (Lipinski definition) is 3. The predicted molar refractivity (Wildman–Crippen MR) is 137 cm³/mol. The fourth-order valence-corrected chi connectivity index (χ4v) is 4.93. The number of carbonyl (C=O) groups is 2. The number of benzene rings is 3. The van der Waals surface area contributed by atoms with Crippen molar-refractivity contribution in [3.63, 3.8) is 0 Å². The summed E-state index contributed by atoms with van der Waals surface area (Å²) in [4.78, 5) is 25.5. The minimum atomic E-state index is -3.95. The maximum Gasteiger partial charge on any atom is 0.262 e. The van der Waals surface area contributed by atoms with Crippen molar-refractivity contribution in [2.75, 3.05) is 30.3 Å². The number of para-hydroxylation sites is 1. The number of rotatable bonds is 9. The maximum absolute atomic E-state index is 13.1. The Kier molecular flexibility index (Phi) is 8.26. The number of methoxy groups -OCH3 is 1. The number of carbonyl (C=O) groups excluding carboxylic acids is 2. The Hall–Kier alpha value is -3.69. The average molecular weight is 496 g/mol. The summed E-state index contributed by atoms with van der Waals surface area (Å²) in [5.41, 5.74) is 3.54. The van der Waals surface area contributed by atoms with Gasteiger partial charge in [0.15, 0.2) is 0 Å². The van der Waals surface area contributed by atoms with Gasteiger partial charge in [-0.05, 0) is 73.9 Å². The number of aryl methyl sites for hydroxylation is 3. The van der Waals surface area contributed by atoms with E-state index < -0.39 is 15.9 Å². The topological polar surface area (TPSA) is 114 Å². The van der Waals surface area contributed by atoms with Crippen molar-refractivity contribution in [3.8, 4) is 0 Å². The van der Waals surface area contributed by atoms with E-state index in [2.05, 4.69) is 15.4 Å². The molecule has 2 amide bonds. The number of hydrogen-bond acceptors (Lipinski definition) is 5. The van der Waals surface area contributed by atoms with Crippen LogP contribution < -0.4 is 15.4 Å². The summed E-state index contributed by atoms with van der Waals surface area (Å²) < 4.78 is 33.8. The molecule has 3 aromatic carbocycles. The summed E-state index contributed by atoms with van der Waals surface area (Å²) in [6.07, 6.45) is 0. The molecule has 3 aromatic rings. The van der Waals surface area contributed by atoms with E-state index in [1.807, 2.05) is 19.9 Å². The Morgan fingerprint density at radius 2 is 1.57 bits per heavy atom. The van der Waals surface area contributed by atoms with Crippen molar-refractivity contribution in [2.45, 2.75) is 25.7 Å². The van der Waals surface area contributed by atoms with Crippen LogP contribution in [-0.4, -0.2) is 40.5 Å². The van der Waals surface area contributed by atoms with Crippen LogP contribution in [-0.2, 0) is 14.8 Å². The molecule has 0 fully saturated rings. The van der Waals surface area contributed by atoms with Crippen LogP contribution in [0.5, 0.6) is 0 Å². The summed E-state index contributed by atoms with van der Waals surface area (Å²) in [5, 5.41) is 5.43. The fourth-order valence-electron chi connectivity index (χ4n) is 3.62. The Bertz CT molecular complexity index is 1330. The van der Waals surface area contributed by atoms with Crippen LogP contribution >= 0.6 is 0 Å². The highest BCUT2D eigenvalue weighted by Crippen LogP contribution is 2.23. The molecule has 0 atom stereocenters. The lowest BCUT2D eigenvalue weighted by molar-refractivity contribution is 0.0938. The van der Waals surface area contributed by atoms with Gasteiger partial charge in [-0.1, -0.05) is 24.3 Å². The van der Waals surface area contributed by atoms with E-state index in [0.717, 1.165) is 11.1 Å². The third kappa shape index (κ3) is 6.68. The van der Waals surface area contributed by atoms with E-state index >= 15 is 0 Å². The first kappa shape index (κ1) is 25.9. The number of anilines is 2. The molecule has 0 heterocycles. The Balaban J connectivity index is 1.85. The highest BCUT2D eigenvalue weighted by atomic mass is 32.2. The Labute approximate surface area is 205 Å². The lowest BCUT2D eigenvalue weighted by Crippen LogP contribution is -2.28. The molecular formula is C26H29N3O5S. The fraction of sp³-hybridized carbons (Fsp3) is 0.231. The summed E-state index contributed by atoms with van der Waals surface area (Å²) >= 11 is 0. The van der Waals surface area contributed by atoms with Gasteiger partial charge >= 0.3 is 0 Å². The quantitative estimate of drug-likeness (QED) is 0.388. The SMILES string of the molecule is COCCNC(=O)c1ccccc1NC(=O)c1ccc(C)c(S(=O)(=O)Nc2cc(C)cc(C)c2)c1. The van der Waals surface area contributed by atoms with Crippen molar-refractivity contribution in [1.82, 2.24) is 5.32 Å². The van der Waals surface area contributed by atoms with Gasteiger partial charge in [-0.25, -0.2) is 8.42 Å². The van der Waals surface area contributed by atoms with Crippen LogP contribution in [0, 0.1) is 20.8 Å². The summed E-state index contributed by atoms with van der Waals surface area (Å²) in [5.74, 6) is -0.896. The first-order chi connectivity index (χ1) is 16.6. The van der Waals surface area contributed by atoms with Gasteiger partial charge in [-0.3, -0.25) is 14.3 Å². The first-order valence-electron chi connectivity index (χ1n) is 11.0. The maximum atomic E-state index is 13.1. The van der Waals surface area contributed by atoms with Crippen molar-refractivity contribution in [1.29, 1.82) is 0 Å². The number of amides is 2. The molecule has 0 aliphatic carbocycles. The molecule has 8 nitrogen and oxygen atoms in total. The van der Waals surface area contributed by atoms with Crippen LogP contribution in [0.4, 0.5) is 11.4 Å². The van der Waals surface area contributed by atoms with Crippen molar-refractivity contribution in [3.05, 3.63) is 88.5 Å². The average Bonchev–Trinajstić information content (AvgIpc) is 2.78. The van der Waals surface area contributed by atoms with Crippen LogP contribution in [0.2, 0.25) is 0 Å². The second-order valence-electron chi connectivity index (χ2n) is 8.21. The largest absolute Gasteiger partial charge is 0.383 e. The van der Waals surface area contributed by atoms with E-state index in [-0.39, 0.29) is 21.9 Å². The standard InChI is InChI=1S/C26H29N3O5S/c1-17-13-18(2)15-21(14-17)29-35(32,33)24-16-20(10-9-19(24)3)25(30)28-23-8-6-5-7-22(23)26(31)27-11-12-34-4/h5-10,13-16,29H,11-12H2,1-4H3,(H,27,31)(H,28,30). The number of sulfonamides is 1. The van der Waals surface area contributed by atoms with Crippen LogP contribution in [0.15, 0.2) is 65.6 Å². The molecule has 9 heteroatoms. The first-order valence-corrected chi connectivity index (χ1v) is 12.5. The third-order valence-corrected chi connectivity index (χ3v) is 6.75. The number of ether oxygens (including phenoxy) is 1. The van der Waals surface area contributed by atoms with Crippen molar-refractivity contribution in [2.24, 2.45) is 0 Å². The van der Waals surface area contributed by atoms with Gasteiger partial charge in [-0.2, -0.15) is 0 Å². The van der Waals surface area contributed by atoms with E-state index in [1.54, 1.807) is 55.5 Å². The molecule has 0 bridgehead atoms. The molecule has 184 valence electrons. The minimum absolute atomic E-state index is 0.00472. The zero-order valence-electron chi connectivity index (χ0n) is 20.1. The minimum Gasteiger partial charge on any atom is -0.383 e. The van der Waals surface area contributed by atoms with Gasteiger partial charge < -0.3 is 15.4 Å². The van der Waals surface area contributed by atoms with Gasteiger partial charge in [0.1, 0.15) is 0 Å². The molecule has 0 saturated carbocycles. The Morgan fingerprint density at radius 3 is 2.26 bits per heavy atom. The van der Waals surface area contributed by atoms with Crippen LogP contribution in [0.1, 0.15) is 37.4 Å². The van der Waals surface area contributed by atoms with Gasteiger partial charge in [0.2, 0.25) is 0 Å². The third-order valence-electron chi connectivity index (χ3n) is 5.23. The molecule has 0 unspecified atom stereocenters. The zero-order valence-corrected chi connectivity index (χ0v) is 21.0. The smallest absolute Gasteiger partial charge is 0.262 e. The van der Waals surface area contributed by atoms with E-state index in [9.17, 15) is 18.0 Å². The molecule has 0 spiro atoms. The van der Waals surface area contributed by atoms with Crippen LogP contribution in [0.3, 0.4) is 0 Å². The molecule has 0 aromatic heterocycles. The monoisotopic (exact) mass is 495 g/mol. The molecule has 0 saturated heterocycles. The lowest BCUT2D eigenvalue weighted by atomic mass is 10.1. The lowest BCUT2D eigenvalue weighted by Gasteiger charge is -2.14. The predicted octanol–water partition coefficient (Wildman–Crippen LogP) is 4.04. The number of nitrogens with one attached hydrogen (secondary N) is 3. The van der Waals surface area contributed by atoms with Crippen LogP contribution in [0.25, 0.3) is 0 Å². The van der Waals surface area contributed by atoms with E-state index in [4.69, 9.17) is 4.74 Å². The second-order valence-corrected chi connectivity index (χ2v) is 9.86. The van der Waals surface area contributed by atoms with Gasteiger partial charge in [0, 0.05) is 24.9 Å². The highest BCUT2D eigenvalue weighted by Gasteiger charge is 2.21. The van der Waals surface area contributed by atoms with E-state index in [1.165, 1.54) is 13.2 Å². The van der Waals surface area contributed by atoms with Gasteiger partial charge in [-0.15, -0.1) is 0 Å². The van der Waals surface area contributed by atoms with Crippen molar-refractivity contribution < 1.29 is 22.7 Å². The normalized spacial score (nSPS) is 11.1.